The van der Waals surface area contributed by atoms with E-state index >= 15 is 0 Å². The lowest BCUT2D eigenvalue weighted by molar-refractivity contribution is 0.102. The Morgan fingerprint density at radius 3 is 2.65 bits per heavy atom. The molecule has 2 bridgehead atoms. The molecule has 4 rings (SSSR count). The Labute approximate surface area is 157 Å². The topological polar surface area (TPSA) is 55.1 Å². The maximum absolute atomic E-state index is 14.1. The van der Waals surface area contributed by atoms with Crippen molar-refractivity contribution in [2.45, 2.75) is 6.92 Å². The molecule has 1 aromatic carbocycles. The minimum Gasteiger partial charge on any atom is -0.453 e. The van der Waals surface area contributed by atoms with Crippen LogP contribution in [0.25, 0.3) is 22.3 Å². The molecule has 4 aromatic rings. The quantitative estimate of drug-likeness (QED) is 0.472. The molecule has 0 atom stereocenters. The number of benzene rings is 2. The molecule has 0 spiro atoms. The maximum Gasteiger partial charge on any atom is 0.260 e. The Balaban J connectivity index is 1.78. The molecule has 0 unspecified atom stereocenters. The van der Waals surface area contributed by atoms with E-state index in [1.165, 1.54) is 12.1 Å². The van der Waals surface area contributed by atoms with Gasteiger partial charge in [-0.05, 0) is 31.2 Å². The number of hydrogen-bond acceptors (Lipinski definition) is 3. The maximum atomic E-state index is 14.1. The Morgan fingerprint density at radius 2 is 1.96 bits per heavy atom. The number of rotatable bonds is 3. The third-order valence-electron chi connectivity index (χ3n) is 4.01. The third kappa shape index (κ3) is 2.79. The van der Waals surface area contributed by atoms with Gasteiger partial charge in [0.1, 0.15) is 5.58 Å². The van der Waals surface area contributed by atoms with Crippen LogP contribution in [0.15, 0.2) is 47.0 Å². The van der Waals surface area contributed by atoms with Crippen LogP contribution >= 0.6 is 23.2 Å². The highest BCUT2D eigenvalue weighted by Gasteiger charge is 2.27. The number of nitrogens with zero attached hydrogens (tertiary/aromatic N) is 1. The van der Waals surface area contributed by atoms with Crippen LogP contribution < -0.4 is 5.32 Å². The molecule has 130 valence electrons. The zero-order valence-electron chi connectivity index (χ0n) is 13.4. The van der Waals surface area contributed by atoms with E-state index in [-0.39, 0.29) is 16.7 Å². The Hall–Kier alpha value is -2.63. The molecule has 0 aliphatic rings. The Morgan fingerprint density at radius 1 is 1.15 bits per heavy atom. The molecule has 3 heterocycles. The highest BCUT2D eigenvalue weighted by Crippen LogP contribution is 2.39. The molecule has 4 nitrogen and oxygen atoms in total. The van der Waals surface area contributed by atoms with Gasteiger partial charge in [-0.3, -0.25) is 9.78 Å². The summed E-state index contributed by atoms with van der Waals surface area (Å²) >= 11 is 11.9. The molecule has 0 aliphatic heterocycles. The van der Waals surface area contributed by atoms with Crippen molar-refractivity contribution < 1.29 is 13.6 Å². The molecular formula is C19H11Cl2FN2O2. The average molecular weight is 389 g/mol. The standard InChI is InChI=1S/C19H11Cl2FN2O2/c1-9-2-3-10(8-23-9)16-17(15-7-14(22)18(16)26-15)19(25)24-11-4-5-12(20)13(21)6-11/h2-8H,1H3,(H,24,25). The molecule has 0 radical (unpaired) electrons. The summed E-state index contributed by atoms with van der Waals surface area (Å²) in [5, 5.41) is 3.44. The van der Waals surface area contributed by atoms with Crippen molar-refractivity contribution in [1.82, 2.24) is 4.98 Å². The highest BCUT2D eigenvalue weighted by molar-refractivity contribution is 6.42. The van der Waals surface area contributed by atoms with E-state index in [1.54, 1.807) is 30.5 Å². The van der Waals surface area contributed by atoms with E-state index in [4.69, 9.17) is 27.6 Å². The van der Waals surface area contributed by atoms with Gasteiger partial charge in [-0.1, -0.05) is 29.3 Å². The predicted molar refractivity (Wildman–Crippen MR) is 99.7 cm³/mol. The number of amides is 1. The van der Waals surface area contributed by atoms with Crippen molar-refractivity contribution in [2.24, 2.45) is 0 Å². The van der Waals surface area contributed by atoms with Gasteiger partial charge in [0.15, 0.2) is 11.4 Å². The average Bonchev–Trinajstić information content (AvgIpc) is 3.16. The van der Waals surface area contributed by atoms with Gasteiger partial charge in [-0.2, -0.15) is 0 Å². The first-order valence-corrected chi connectivity index (χ1v) is 8.43. The van der Waals surface area contributed by atoms with Gasteiger partial charge in [0.05, 0.1) is 15.6 Å². The smallest absolute Gasteiger partial charge is 0.260 e. The van der Waals surface area contributed by atoms with Crippen molar-refractivity contribution in [3.05, 3.63) is 69.7 Å². The van der Waals surface area contributed by atoms with Gasteiger partial charge in [0.25, 0.3) is 5.91 Å². The van der Waals surface area contributed by atoms with Gasteiger partial charge in [-0.25, -0.2) is 4.39 Å². The van der Waals surface area contributed by atoms with Crippen LogP contribution in [0, 0.1) is 12.7 Å². The number of nitrogens with one attached hydrogen (secondary N) is 1. The summed E-state index contributed by atoms with van der Waals surface area (Å²) in [5.74, 6) is -0.950. The minimum absolute atomic E-state index is 0.0324. The van der Waals surface area contributed by atoms with Gasteiger partial charge in [-0.15, -0.1) is 0 Å². The summed E-state index contributed by atoms with van der Waals surface area (Å²) in [7, 11) is 0. The number of carbonyl (C=O) groups excluding carboxylic acids is 1. The molecule has 26 heavy (non-hydrogen) atoms. The molecule has 1 amide bonds. The third-order valence-corrected chi connectivity index (χ3v) is 4.75. The summed E-state index contributed by atoms with van der Waals surface area (Å²) in [6.07, 6.45) is 1.59. The number of carbonyl (C=O) groups is 1. The fourth-order valence-corrected chi connectivity index (χ4v) is 3.08. The minimum atomic E-state index is -0.512. The molecule has 1 N–H and O–H groups in total. The normalized spacial score (nSPS) is 11.2. The molecule has 3 aromatic heterocycles. The van der Waals surface area contributed by atoms with Crippen molar-refractivity contribution in [2.75, 3.05) is 5.32 Å². The second-order valence-corrected chi connectivity index (χ2v) is 6.62. The van der Waals surface area contributed by atoms with Crippen LogP contribution in [0.2, 0.25) is 10.0 Å². The summed E-state index contributed by atoms with van der Waals surface area (Å²) < 4.78 is 19.5. The Kier molecular flexibility index (Phi) is 4.05. The van der Waals surface area contributed by atoms with Crippen LogP contribution in [0.3, 0.4) is 0 Å². The lowest BCUT2D eigenvalue weighted by Crippen LogP contribution is -2.13. The first-order valence-electron chi connectivity index (χ1n) is 7.68. The van der Waals surface area contributed by atoms with E-state index in [0.717, 1.165) is 5.69 Å². The number of furan rings is 2. The highest BCUT2D eigenvalue weighted by atomic mass is 35.5. The molecule has 0 saturated carbocycles. The van der Waals surface area contributed by atoms with Crippen LogP contribution in [0.1, 0.15) is 16.1 Å². The first kappa shape index (κ1) is 16.8. The van der Waals surface area contributed by atoms with Crippen LogP contribution in [0.5, 0.6) is 0 Å². The van der Waals surface area contributed by atoms with Crippen molar-refractivity contribution in [3.8, 4) is 11.1 Å². The Bertz CT molecular complexity index is 1120. The summed E-state index contributed by atoms with van der Waals surface area (Å²) in [5.41, 5.74) is 2.71. The van der Waals surface area contributed by atoms with Crippen LogP contribution in [-0.4, -0.2) is 10.9 Å². The zero-order chi connectivity index (χ0) is 18.4. The lowest BCUT2D eigenvalue weighted by atomic mass is 10.00. The fourth-order valence-electron chi connectivity index (χ4n) is 2.78. The van der Waals surface area contributed by atoms with Crippen LogP contribution in [-0.2, 0) is 0 Å². The first-order chi connectivity index (χ1) is 12.4. The molecule has 0 aliphatic carbocycles. The van der Waals surface area contributed by atoms with E-state index in [2.05, 4.69) is 10.3 Å². The van der Waals surface area contributed by atoms with Gasteiger partial charge in [0.2, 0.25) is 0 Å². The van der Waals surface area contributed by atoms with E-state index in [1.807, 2.05) is 6.92 Å². The lowest BCUT2D eigenvalue weighted by Gasteiger charge is -2.09. The molecule has 0 fully saturated rings. The van der Waals surface area contributed by atoms with E-state index < -0.39 is 11.7 Å². The number of pyridine rings is 1. The van der Waals surface area contributed by atoms with Gasteiger partial charge >= 0.3 is 0 Å². The van der Waals surface area contributed by atoms with Crippen molar-refractivity contribution >= 4 is 46.0 Å². The molecular weight excluding hydrogens is 378 g/mol. The summed E-state index contributed by atoms with van der Waals surface area (Å²) in [6.45, 7) is 1.84. The number of fused-ring (bicyclic) bond motifs is 2. The zero-order valence-corrected chi connectivity index (χ0v) is 15.0. The largest absolute Gasteiger partial charge is 0.453 e. The predicted octanol–water partition coefficient (Wildman–Crippen LogP) is 5.94. The summed E-state index contributed by atoms with van der Waals surface area (Å²) in [4.78, 5) is 17.0. The molecule has 0 saturated heterocycles. The number of hydrogen-bond donors (Lipinski definition) is 1. The van der Waals surface area contributed by atoms with Gasteiger partial charge < -0.3 is 9.73 Å². The molecule has 7 heteroatoms. The van der Waals surface area contributed by atoms with Gasteiger partial charge in [0, 0.05) is 34.8 Å². The van der Waals surface area contributed by atoms with Crippen molar-refractivity contribution in [3.63, 3.8) is 0 Å². The van der Waals surface area contributed by atoms with Crippen LogP contribution in [0.4, 0.5) is 10.1 Å². The number of aromatic nitrogens is 1. The van der Waals surface area contributed by atoms with Crippen molar-refractivity contribution in [1.29, 1.82) is 0 Å². The van der Waals surface area contributed by atoms with E-state index in [9.17, 15) is 9.18 Å². The summed E-state index contributed by atoms with van der Waals surface area (Å²) in [6, 6.07) is 9.51. The monoisotopic (exact) mass is 388 g/mol. The number of aryl methyl sites for hydroxylation is 1. The number of anilines is 1. The van der Waals surface area contributed by atoms with E-state index in [0.29, 0.717) is 26.9 Å². The SMILES string of the molecule is Cc1ccc(-c2c(C(=O)Nc3ccc(Cl)c(Cl)c3)c3cc(F)c2o3)cn1. The second-order valence-electron chi connectivity index (χ2n) is 5.81. The number of halogens is 3. The second kappa shape index (κ2) is 6.27. The fraction of sp³-hybridized carbons (Fsp3) is 0.0526.